The first-order chi connectivity index (χ1) is 10.8. The summed E-state index contributed by atoms with van der Waals surface area (Å²) >= 11 is 0. The van der Waals surface area contributed by atoms with Gasteiger partial charge in [0.15, 0.2) is 0 Å². The molecule has 0 aliphatic heterocycles. The lowest BCUT2D eigenvalue weighted by atomic mass is 9.88. The van der Waals surface area contributed by atoms with Crippen LogP contribution in [0.25, 0.3) is 11.1 Å². The van der Waals surface area contributed by atoms with Crippen LogP contribution in [0, 0.1) is 0 Å². The summed E-state index contributed by atoms with van der Waals surface area (Å²) < 4.78 is 0. The van der Waals surface area contributed by atoms with Gasteiger partial charge in [-0.05, 0) is 78.8 Å². The Morgan fingerprint density at radius 2 is 1.59 bits per heavy atom. The number of benzene rings is 2. The molecule has 2 N–H and O–H groups in total. The average molecular weight is 293 g/mol. The Morgan fingerprint density at radius 3 is 2.27 bits per heavy atom. The van der Waals surface area contributed by atoms with E-state index in [0.29, 0.717) is 5.92 Å². The van der Waals surface area contributed by atoms with Gasteiger partial charge in [-0.1, -0.05) is 49.4 Å². The molecule has 2 aromatic carbocycles. The molecule has 22 heavy (non-hydrogen) atoms. The Morgan fingerprint density at radius 1 is 0.909 bits per heavy atom. The second-order valence-electron chi connectivity index (χ2n) is 6.50. The Hall–Kier alpha value is -1.60. The van der Waals surface area contributed by atoms with E-state index in [9.17, 15) is 0 Å². The maximum absolute atomic E-state index is 5.73. The first-order valence-corrected chi connectivity index (χ1v) is 8.74. The molecule has 1 atom stereocenters. The molecule has 1 nitrogen and oxygen atoms in total. The molecule has 3 rings (SSSR count). The van der Waals surface area contributed by atoms with Crippen LogP contribution < -0.4 is 5.73 Å². The molecule has 0 spiro atoms. The fraction of sp³-hybridized carbons (Fsp3) is 0.429. The SMILES string of the molecule is CCC(CCN)c1ccc(-c2ccc3c(c2)CCCC3)cc1. The van der Waals surface area contributed by atoms with Crippen LogP contribution >= 0.6 is 0 Å². The van der Waals surface area contributed by atoms with Gasteiger partial charge in [0.2, 0.25) is 0 Å². The summed E-state index contributed by atoms with van der Waals surface area (Å²) in [6.45, 7) is 3.02. The smallest absolute Gasteiger partial charge is 0.00714 e. The van der Waals surface area contributed by atoms with E-state index in [1.807, 2.05) is 0 Å². The second kappa shape index (κ2) is 7.11. The van der Waals surface area contributed by atoms with Crippen LogP contribution in [0.5, 0.6) is 0 Å². The highest BCUT2D eigenvalue weighted by atomic mass is 14.5. The van der Waals surface area contributed by atoms with E-state index < -0.39 is 0 Å². The number of hydrogen-bond donors (Lipinski definition) is 1. The maximum Gasteiger partial charge on any atom is -0.00714 e. The zero-order valence-electron chi connectivity index (χ0n) is 13.6. The summed E-state index contributed by atoms with van der Waals surface area (Å²) in [6.07, 6.45) is 7.43. The van der Waals surface area contributed by atoms with Crippen molar-refractivity contribution in [3.05, 3.63) is 59.2 Å². The summed E-state index contributed by atoms with van der Waals surface area (Å²) in [5.41, 5.74) is 13.0. The minimum Gasteiger partial charge on any atom is -0.330 e. The van der Waals surface area contributed by atoms with Crippen molar-refractivity contribution >= 4 is 0 Å². The van der Waals surface area contributed by atoms with E-state index in [1.165, 1.54) is 42.4 Å². The van der Waals surface area contributed by atoms with Gasteiger partial charge < -0.3 is 5.73 Å². The molecule has 1 unspecified atom stereocenters. The van der Waals surface area contributed by atoms with Crippen molar-refractivity contribution in [2.24, 2.45) is 5.73 Å². The van der Waals surface area contributed by atoms with Gasteiger partial charge in [0.1, 0.15) is 0 Å². The minimum atomic E-state index is 0.600. The Bertz CT molecular complexity index is 612. The topological polar surface area (TPSA) is 26.0 Å². The third-order valence-electron chi connectivity index (χ3n) is 5.07. The molecule has 2 aromatic rings. The molecule has 0 radical (unpaired) electrons. The Kier molecular flexibility index (Phi) is 4.94. The highest BCUT2D eigenvalue weighted by Crippen LogP contribution is 2.29. The highest BCUT2D eigenvalue weighted by molar-refractivity contribution is 5.65. The van der Waals surface area contributed by atoms with Crippen LogP contribution in [0.15, 0.2) is 42.5 Å². The van der Waals surface area contributed by atoms with E-state index in [-0.39, 0.29) is 0 Å². The summed E-state index contributed by atoms with van der Waals surface area (Å²) in [6, 6.07) is 16.2. The molecule has 1 aliphatic rings. The van der Waals surface area contributed by atoms with Crippen LogP contribution in [0.2, 0.25) is 0 Å². The molecule has 0 saturated heterocycles. The zero-order chi connectivity index (χ0) is 15.4. The van der Waals surface area contributed by atoms with Crippen LogP contribution in [0.3, 0.4) is 0 Å². The summed E-state index contributed by atoms with van der Waals surface area (Å²) in [5.74, 6) is 0.600. The fourth-order valence-electron chi connectivity index (χ4n) is 3.67. The Labute approximate surface area is 134 Å². The molecule has 0 saturated carbocycles. The minimum absolute atomic E-state index is 0.600. The van der Waals surface area contributed by atoms with E-state index in [2.05, 4.69) is 49.4 Å². The fourth-order valence-corrected chi connectivity index (χ4v) is 3.67. The third kappa shape index (κ3) is 3.25. The monoisotopic (exact) mass is 293 g/mol. The summed E-state index contributed by atoms with van der Waals surface area (Å²) in [4.78, 5) is 0. The molecule has 0 heterocycles. The molecule has 0 amide bonds. The van der Waals surface area contributed by atoms with Crippen LogP contribution in [0.4, 0.5) is 0 Å². The lowest BCUT2D eigenvalue weighted by Crippen LogP contribution is -2.06. The molecule has 0 aromatic heterocycles. The first kappa shape index (κ1) is 15.3. The number of fused-ring (bicyclic) bond motifs is 1. The van der Waals surface area contributed by atoms with Gasteiger partial charge in [-0.2, -0.15) is 0 Å². The quantitative estimate of drug-likeness (QED) is 0.818. The van der Waals surface area contributed by atoms with Crippen molar-refractivity contribution in [1.82, 2.24) is 0 Å². The van der Waals surface area contributed by atoms with Gasteiger partial charge in [-0.3, -0.25) is 0 Å². The molecular weight excluding hydrogens is 266 g/mol. The van der Waals surface area contributed by atoms with Crippen molar-refractivity contribution in [3.8, 4) is 11.1 Å². The number of aryl methyl sites for hydroxylation is 2. The highest BCUT2D eigenvalue weighted by Gasteiger charge is 2.11. The number of hydrogen-bond acceptors (Lipinski definition) is 1. The van der Waals surface area contributed by atoms with Gasteiger partial charge in [-0.25, -0.2) is 0 Å². The molecular formula is C21H27N. The molecule has 1 aliphatic carbocycles. The standard InChI is InChI=1S/C21H27N/c1-2-16(13-14-22)18-7-9-19(10-8-18)21-12-11-17-5-3-4-6-20(17)15-21/h7-12,15-16H,2-6,13-14,22H2,1H3. The van der Waals surface area contributed by atoms with Crippen LogP contribution in [-0.2, 0) is 12.8 Å². The van der Waals surface area contributed by atoms with Crippen molar-refractivity contribution in [2.45, 2.75) is 51.4 Å². The van der Waals surface area contributed by atoms with Gasteiger partial charge in [0.05, 0.1) is 0 Å². The maximum atomic E-state index is 5.73. The number of nitrogens with two attached hydrogens (primary N) is 1. The first-order valence-electron chi connectivity index (χ1n) is 8.74. The van der Waals surface area contributed by atoms with Gasteiger partial charge in [0.25, 0.3) is 0 Å². The zero-order valence-corrected chi connectivity index (χ0v) is 13.6. The van der Waals surface area contributed by atoms with E-state index >= 15 is 0 Å². The number of rotatable bonds is 5. The lowest BCUT2D eigenvalue weighted by molar-refractivity contribution is 0.614. The van der Waals surface area contributed by atoms with Gasteiger partial charge in [-0.15, -0.1) is 0 Å². The largest absolute Gasteiger partial charge is 0.330 e. The molecule has 116 valence electrons. The van der Waals surface area contributed by atoms with E-state index in [0.717, 1.165) is 19.4 Å². The van der Waals surface area contributed by atoms with Crippen molar-refractivity contribution < 1.29 is 0 Å². The molecule has 1 heteroatoms. The average Bonchev–Trinajstić information content (AvgIpc) is 2.59. The van der Waals surface area contributed by atoms with Crippen molar-refractivity contribution in [1.29, 1.82) is 0 Å². The van der Waals surface area contributed by atoms with Crippen LogP contribution in [-0.4, -0.2) is 6.54 Å². The van der Waals surface area contributed by atoms with Crippen molar-refractivity contribution in [2.75, 3.05) is 6.54 Å². The summed E-state index contributed by atoms with van der Waals surface area (Å²) in [7, 11) is 0. The van der Waals surface area contributed by atoms with Crippen LogP contribution in [0.1, 0.15) is 55.2 Å². The Balaban J connectivity index is 1.83. The molecule has 0 bridgehead atoms. The van der Waals surface area contributed by atoms with E-state index in [4.69, 9.17) is 5.73 Å². The van der Waals surface area contributed by atoms with E-state index in [1.54, 1.807) is 11.1 Å². The predicted octanol–water partition coefficient (Wildman–Crippen LogP) is 5.07. The summed E-state index contributed by atoms with van der Waals surface area (Å²) in [5, 5.41) is 0. The van der Waals surface area contributed by atoms with Crippen molar-refractivity contribution in [3.63, 3.8) is 0 Å². The second-order valence-corrected chi connectivity index (χ2v) is 6.50. The predicted molar refractivity (Wildman–Crippen MR) is 95.2 cm³/mol. The molecule has 0 fully saturated rings. The lowest BCUT2D eigenvalue weighted by Gasteiger charge is -2.17. The van der Waals surface area contributed by atoms with Gasteiger partial charge >= 0.3 is 0 Å². The third-order valence-corrected chi connectivity index (χ3v) is 5.07. The van der Waals surface area contributed by atoms with Gasteiger partial charge in [0, 0.05) is 0 Å². The normalized spacial score (nSPS) is 15.4.